The number of aliphatic imine (C=N–C) groups is 1. The Labute approximate surface area is 220 Å². The van der Waals surface area contributed by atoms with Gasteiger partial charge in [0.1, 0.15) is 28.0 Å². The van der Waals surface area contributed by atoms with Crippen molar-refractivity contribution in [1.29, 1.82) is 0 Å². The maximum Gasteiger partial charge on any atom is 0.490 e. The van der Waals surface area contributed by atoms with Crippen LogP contribution in [0.15, 0.2) is 65.9 Å². The lowest BCUT2D eigenvalue weighted by Gasteiger charge is -2.35. The number of nitrogens with zero attached hydrogens (tertiary/aromatic N) is 4. The minimum atomic E-state index is -5.08. The number of carboxylic acid groups (broad SMARTS) is 1. The summed E-state index contributed by atoms with van der Waals surface area (Å²) in [6.07, 6.45) is -2.11. The second kappa shape index (κ2) is 9.27. The monoisotopic (exact) mass is 561 g/mol. The number of hydrogen-bond donors (Lipinski definition) is 2. The van der Waals surface area contributed by atoms with Gasteiger partial charge in [0.15, 0.2) is 5.75 Å². The van der Waals surface area contributed by atoms with Crippen LogP contribution in [-0.2, 0) is 10.3 Å². The molecule has 0 radical (unpaired) electrons. The van der Waals surface area contributed by atoms with Crippen LogP contribution in [0.4, 0.5) is 22.0 Å². The van der Waals surface area contributed by atoms with E-state index in [-0.39, 0.29) is 16.7 Å². The number of benzene rings is 1. The summed E-state index contributed by atoms with van der Waals surface area (Å²) in [5.74, 6) is -3.82. The van der Waals surface area contributed by atoms with Gasteiger partial charge >= 0.3 is 12.1 Å². The van der Waals surface area contributed by atoms with Crippen molar-refractivity contribution in [2.24, 2.45) is 10.7 Å². The van der Waals surface area contributed by atoms with Crippen LogP contribution in [0.1, 0.15) is 22.4 Å². The van der Waals surface area contributed by atoms with Gasteiger partial charge in [-0.25, -0.2) is 19.8 Å². The van der Waals surface area contributed by atoms with E-state index >= 15 is 0 Å². The minimum Gasteiger partial charge on any atom is -0.475 e. The normalized spacial score (nSPS) is 16.7. The summed E-state index contributed by atoms with van der Waals surface area (Å²) in [5, 5.41) is 7.06. The van der Waals surface area contributed by atoms with E-state index in [1.807, 2.05) is 6.07 Å². The molecular weight excluding hydrogens is 549 g/mol. The quantitative estimate of drug-likeness (QED) is 0.241. The summed E-state index contributed by atoms with van der Waals surface area (Å²) >= 11 is 6.12. The Morgan fingerprint density at radius 3 is 2.36 bits per heavy atom. The Morgan fingerprint density at radius 2 is 1.67 bits per heavy atom. The topological polar surface area (TPSA) is 124 Å². The molecule has 3 N–H and O–H groups in total. The molecule has 198 valence electrons. The molecule has 0 fully saturated rings. The molecule has 1 aromatic carbocycles. The third-order valence-corrected chi connectivity index (χ3v) is 6.11. The highest BCUT2D eigenvalue weighted by Crippen LogP contribution is 2.56. The smallest absolute Gasteiger partial charge is 0.475 e. The first-order chi connectivity index (χ1) is 18.4. The Balaban J connectivity index is 0.000000392. The SMILES string of the molecule is NC1=NC2(c3cc(-c4cccnc4F)ccc3Oc3c2cc(Cl)nc3F)c2cccnc21.O=C(O)C(F)(F)F. The van der Waals surface area contributed by atoms with Crippen LogP contribution >= 0.6 is 11.6 Å². The van der Waals surface area contributed by atoms with Gasteiger partial charge in [0.25, 0.3) is 5.95 Å². The summed E-state index contributed by atoms with van der Waals surface area (Å²) in [6.45, 7) is 0. The van der Waals surface area contributed by atoms with Crippen molar-refractivity contribution in [2.75, 3.05) is 0 Å². The summed E-state index contributed by atoms with van der Waals surface area (Å²) in [4.78, 5) is 25.4. The van der Waals surface area contributed by atoms with E-state index in [1.54, 1.807) is 42.6 Å². The number of rotatable bonds is 1. The number of carbonyl (C=O) groups is 1. The van der Waals surface area contributed by atoms with Gasteiger partial charge in [-0.15, -0.1) is 0 Å². The number of ether oxygens (including phenoxy) is 1. The van der Waals surface area contributed by atoms with E-state index in [0.29, 0.717) is 39.3 Å². The van der Waals surface area contributed by atoms with Crippen LogP contribution < -0.4 is 10.5 Å². The number of fused-ring (bicyclic) bond motifs is 6. The zero-order chi connectivity index (χ0) is 28.1. The first kappa shape index (κ1) is 26.0. The maximum absolute atomic E-state index is 14.9. The van der Waals surface area contributed by atoms with E-state index in [0.717, 1.165) is 0 Å². The van der Waals surface area contributed by atoms with Gasteiger partial charge in [-0.2, -0.15) is 22.0 Å². The standard InChI is InChI=1S/C23H12ClF2N5O.C2HF3O2/c24-17-10-15-19(21(26)30-17)32-16-6-5-11(12-3-1-8-29-20(12)25)9-14(16)23(15)13-4-2-7-28-18(13)22(27)31-23;3-2(4,5)1(6)7/h1-10H,(H2,27,31);(H,6,7). The van der Waals surface area contributed by atoms with Crippen molar-refractivity contribution >= 4 is 23.4 Å². The van der Waals surface area contributed by atoms with E-state index in [1.165, 1.54) is 12.3 Å². The van der Waals surface area contributed by atoms with Gasteiger partial charge in [-0.3, -0.25) is 4.98 Å². The molecule has 6 rings (SSSR count). The van der Waals surface area contributed by atoms with Crippen molar-refractivity contribution in [3.63, 3.8) is 0 Å². The molecule has 8 nitrogen and oxygen atoms in total. The Morgan fingerprint density at radius 1 is 0.974 bits per heavy atom. The molecule has 1 atom stereocenters. The third-order valence-electron chi connectivity index (χ3n) is 5.91. The maximum atomic E-state index is 14.9. The molecule has 4 aromatic rings. The van der Waals surface area contributed by atoms with Crippen molar-refractivity contribution < 1.29 is 36.6 Å². The van der Waals surface area contributed by atoms with Gasteiger partial charge < -0.3 is 15.6 Å². The van der Waals surface area contributed by atoms with E-state index in [4.69, 9.17) is 37.0 Å². The Kier molecular flexibility index (Phi) is 6.18. The predicted octanol–water partition coefficient (Wildman–Crippen LogP) is 5.22. The second-order valence-electron chi connectivity index (χ2n) is 8.18. The summed E-state index contributed by atoms with van der Waals surface area (Å²) < 4.78 is 66.9. The molecule has 0 saturated heterocycles. The fraction of sp³-hybridized carbons (Fsp3) is 0.0800. The van der Waals surface area contributed by atoms with Crippen LogP contribution in [0.5, 0.6) is 11.5 Å². The molecule has 39 heavy (non-hydrogen) atoms. The molecule has 0 amide bonds. The highest BCUT2D eigenvalue weighted by molar-refractivity contribution is 6.29. The fourth-order valence-electron chi connectivity index (χ4n) is 4.37. The zero-order valence-electron chi connectivity index (χ0n) is 19.2. The fourth-order valence-corrected chi connectivity index (χ4v) is 4.55. The van der Waals surface area contributed by atoms with Crippen LogP contribution in [-0.4, -0.2) is 38.0 Å². The number of pyridine rings is 3. The molecule has 0 bridgehead atoms. The van der Waals surface area contributed by atoms with Crippen molar-refractivity contribution in [3.8, 4) is 22.6 Å². The average molecular weight is 562 g/mol. The van der Waals surface area contributed by atoms with Crippen molar-refractivity contribution in [1.82, 2.24) is 15.0 Å². The molecule has 1 unspecified atom stereocenters. The highest BCUT2D eigenvalue weighted by Gasteiger charge is 2.50. The lowest BCUT2D eigenvalue weighted by atomic mass is 9.76. The second-order valence-corrected chi connectivity index (χ2v) is 8.56. The molecule has 2 aliphatic heterocycles. The van der Waals surface area contributed by atoms with Crippen molar-refractivity contribution in [3.05, 3.63) is 100 Å². The molecule has 5 heterocycles. The molecule has 0 aliphatic carbocycles. The molecular formula is C25H13ClF5N5O3. The number of carboxylic acids is 1. The number of aliphatic carboxylic acids is 1. The minimum absolute atomic E-state index is 0.0618. The van der Waals surface area contributed by atoms with Gasteiger partial charge in [-0.05, 0) is 42.0 Å². The lowest BCUT2D eigenvalue weighted by molar-refractivity contribution is -0.192. The average Bonchev–Trinajstić information content (AvgIpc) is 3.18. The summed E-state index contributed by atoms with van der Waals surface area (Å²) in [7, 11) is 0. The zero-order valence-corrected chi connectivity index (χ0v) is 19.9. The van der Waals surface area contributed by atoms with Gasteiger partial charge in [-0.1, -0.05) is 23.7 Å². The lowest BCUT2D eigenvalue weighted by Crippen LogP contribution is -2.30. The largest absolute Gasteiger partial charge is 0.490 e. The number of aromatic nitrogens is 3. The van der Waals surface area contributed by atoms with Crippen LogP contribution in [0.25, 0.3) is 11.1 Å². The number of amidine groups is 1. The Bertz CT molecular complexity index is 1680. The summed E-state index contributed by atoms with van der Waals surface area (Å²) in [6, 6.07) is 13.4. The molecule has 0 saturated carbocycles. The van der Waals surface area contributed by atoms with Gasteiger partial charge in [0, 0.05) is 34.6 Å². The first-order valence-electron chi connectivity index (χ1n) is 10.8. The number of nitrogens with two attached hydrogens (primary N) is 1. The summed E-state index contributed by atoms with van der Waals surface area (Å²) in [5.41, 5.74) is 7.79. The van der Waals surface area contributed by atoms with E-state index in [2.05, 4.69) is 15.0 Å². The van der Waals surface area contributed by atoms with E-state index in [9.17, 15) is 22.0 Å². The molecule has 14 heteroatoms. The third kappa shape index (κ3) is 4.30. The molecule has 3 aromatic heterocycles. The predicted molar refractivity (Wildman–Crippen MR) is 127 cm³/mol. The molecule has 1 spiro atoms. The van der Waals surface area contributed by atoms with Gasteiger partial charge in [0.05, 0.1) is 0 Å². The number of hydrogen-bond acceptors (Lipinski definition) is 7. The van der Waals surface area contributed by atoms with Crippen molar-refractivity contribution in [2.45, 2.75) is 11.7 Å². The first-order valence-corrected chi connectivity index (χ1v) is 11.2. The molecule has 2 aliphatic rings. The number of halogens is 6. The van der Waals surface area contributed by atoms with E-state index < -0.39 is 29.6 Å². The Hall–Kier alpha value is -4.65. The van der Waals surface area contributed by atoms with Crippen LogP contribution in [0.3, 0.4) is 0 Å². The number of alkyl halides is 3. The van der Waals surface area contributed by atoms with Crippen LogP contribution in [0, 0.1) is 11.9 Å². The highest BCUT2D eigenvalue weighted by atomic mass is 35.5. The van der Waals surface area contributed by atoms with Crippen LogP contribution in [0.2, 0.25) is 5.15 Å². The van der Waals surface area contributed by atoms with Gasteiger partial charge in [0.2, 0.25) is 5.95 Å².